The molecule has 0 radical (unpaired) electrons. The largest absolute Gasteiger partial charge is 0.304 e. The quantitative estimate of drug-likeness (QED) is 0.851. The summed E-state index contributed by atoms with van der Waals surface area (Å²) in [6, 6.07) is -8.65. The Morgan fingerprint density at radius 1 is 0.850 bits per heavy atom. The van der Waals surface area contributed by atoms with Gasteiger partial charge in [0.05, 0.1) is 21.1 Å². The Kier molecular flexibility index (Phi) is 1.75. The fourth-order valence-electron chi connectivity index (χ4n) is 2.21. The average Bonchev–Trinajstić information content (AvgIpc) is 2.74. The third-order valence-electron chi connectivity index (χ3n) is 3.29. The standard InChI is InChI=1S/C18H22N2/c1-19-12-14-20(15-13-19)18(16-8-4-2-5-9-16)17-10-6-3-7-11-17/h2-11,18H,12-15H2,1H3/i2D,3D,4D,5D,6D,7D,8D,9D,10D,11D,18D. The first kappa shape index (κ1) is 5.63. The number of piperazine rings is 1. The van der Waals surface area contributed by atoms with E-state index in [-0.39, 0.29) is 13.1 Å². The topological polar surface area (TPSA) is 6.48 Å². The Morgan fingerprint density at radius 3 is 1.75 bits per heavy atom. The van der Waals surface area contributed by atoms with Gasteiger partial charge in [-0.25, -0.2) is 0 Å². The molecule has 0 spiro atoms. The Bertz CT molecular complexity index is 920. The van der Waals surface area contributed by atoms with Crippen LogP contribution in [0.5, 0.6) is 0 Å². The highest BCUT2D eigenvalue weighted by Gasteiger charge is 2.24. The summed E-state index contributed by atoms with van der Waals surface area (Å²) in [5, 5.41) is 0. The van der Waals surface area contributed by atoms with Gasteiger partial charge < -0.3 is 4.90 Å². The number of benzene rings is 2. The molecule has 0 amide bonds. The van der Waals surface area contributed by atoms with Crippen molar-refractivity contribution in [1.29, 1.82) is 0 Å². The van der Waals surface area contributed by atoms with Crippen molar-refractivity contribution in [2.45, 2.75) is 6.02 Å². The van der Waals surface area contributed by atoms with Gasteiger partial charge in [-0.05, 0) is 18.2 Å². The van der Waals surface area contributed by atoms with Crippen LogP contribution in [0.4, 0.5) is 0 Å². The third-order valence-corrected chi connectivity index (χ3v) is 3.29. The van der Waals surface area contributed by atoms with Gasteiger partial charge in [-0.1, -0.05) is 60.4 Å². The van der Waals surface area contributed by atoms with E-state index in [1.54, 1.807) is 0 Å². The first-order valence-electron chi connectivity index (χ1n) is 11.9. The maximum Gasteiger partial charge on any atom is 0.0626 e. The van der Waals surface area contributed by atoms with Gasteiger partial charge in [0.15, 0.2) is 0 Å². The maximum atomic E-state index is 9.43. The Labute approximate surface area is 137 Å². The molecule has 0 saturated carbocycles. The lowest BCUT2D eigenvalue weighted by molar-refractivity contribution is 0.127. The number of likely N-dealkylation sites (N-methyl/N-ethyl adjacent to an activating group) is 1. The van der Waals surface area contributed by atoms with Gasteiger partial charge in [0.25, 0.3) is 0 Å². The first-order chi connectivity index (χ1) is 14.3. The predicted octanol–water partition coefficient (Wildman–Crippen LogP) is 3.02. The number of rotatable bonds is 3. The summed E-state index contributed by atoms with van der Waals surface area (Å²) in [7, 11) is 1.87. The molecule has 2 aromatic rings. The molecule has 0 aliphatic carbocycles. The number of hydrogen-bond donors (Lipinski definition) is 0. The van der Waals surface area contributed by atoms with Crippen LogP contribution in [-0.2, 0) is 0 Å². The van der Waals surface area contributed by atoms with E-state index in [0.29, 0.717) is 13.1 Å². The predicted molar refractivity (Wildman–Crippen MR) is 83.8 cm³/mol. The zero-order valence-electron chi connectivity index (χ0n) is 22.2. The summed E-state index contributed by atoms with van der Waals surface area (Å²) >= 11 is 0. The van der Waals surface area contributed by atoms with Crippen molar-refractivity contribution in [3.05, 3.63) is 71.6 Å². The van der Waals surface area contributed by atoms with Crippen molar-refractivity contribution in [3.8, 4) is 0 Å². The minimum Gasteiger partial charge on any atom is -0.304 e. The fourth-order valence-corrected chi connectivity index (χ4v) is 2.21. The molecule has 0 aromatic heterocycles. The van der Waals surface area contributed by atoms with Crippen LogP contribution in [0.25, 0.3) is 0 Å². The van der Waals surface area contributed by atoms with E-state index in [9.17, 15) is 1.37 Å². The van der Waals surface area contributed by atoms with Gasteiger partial charge in [0.2, 0.25) is 0 Å². The van der Waals surface area contributed by atoms with Gasteiger partial charge in [-0.15, -0.1) is 0 Å². The lowest BCUT2D eigenvalue weighted by Crippen LogP contribution is -2.46. The summed E-state index contributed by atoms with van der Waals surface area (Å²) in [6.07, 6.45) is 0. The molecule has 0 unspecified atom stereocenters. The van der Waals surface area contributed by atoms with Crippen LogP contribution >= 0.6 is 0 Å². The summed E-state index contributed by atoms with van der Waals surface area (Å²) in [5.41, 5.74) is -0.858. The SMILES string of the molecule is [2H]c1c([2H])c([2H])c(C([2H])(c2c([2H])c([2H])c([2H])c([2H])c2[2H])N2CCN(C)CC2)c([2H])c1[2H]. The van der Waals surface area contributed by atoms with Crippen molar-refractivity contribution < 1.29 is 15.1 Å². The van der Waals surface area contributed by atoms with Crippen LogP contribution in [0.3, 0.4) is 0 Å². The van der Waals surface area contributed by atoms with Crippen LogP contribution in [0.15, 0.2) is 60.4 Å². The van der Waals surface area contributed by atoms with E-state index < -0.39 is 77.6 Å². The van der Waals surface area contributed by atoms with E-state index in [2.05, 4.69) is 0 Å². The monoisotopic (exact) mass is 277 g/mol. The highest BCUT2D eigenvalue weighted by molar-refractivity contribution is 5.31. The van der Waals surface area contributed by atoms with E-state index in [4.69, 9.17) is 13.7 Å². The molecule has 1 fully saturated rings. The number of hydrogen-bond acceptors (Lipinski definition) is 2. The van der Waals surface area contributed by atoms with Gasteiger partial charge >= 0.3 is 0 Å². The fraction of sp³-hybridized carbons (Fsp3) is 0.333. The molecule has 1 heterocycles. The molecular formula is C18H22N2. The molecule has 2 heteroatoms. The summed E-state index contributed by atoms with van der Waals surface area (Å²) < 4.78 is 90.9. The third kappa shape index (κ3) is 2.92. The number of nitrogens with zero attached hydrogens (tertiary/aromatic N) is 2. The zero-order chi connectivity index (χ0) is 23.4. The summed E-state index contributed by atoms with van der Waals surface area (Å²) in [5.74, 6) is 0. The van der Waals surface area contributed by atoms with Crippen LogP contribution in [0, 0.1) is 0 Å². The van der Waals surface area contributed by atoms with Crippen molar-refractivity contribution in [3.63, 3.8) is 0 Å². The second-order valence-electron chi connectivity index (χ2n) is 4.64. The van der Waals surface area contributed by atoms with Crippen molar-refractivity contribution in [1.82, 2.24) is 9.80 Å². The average molecular weight is 277 g/mol. The molecular weight excluding hydrogens is 244 g/mol. The Morgan fingerprint density at radius 2 is 1.30 bits per heavy atom. The highest BCUT2D eigenvalue weighted by Crippen LogP contribution is 2.29. The first-order valence-corrected chi connectivity index (χ1v) is 6.44. The molecule has 0 atom stereocenters. The van der Waals surface area contributed by atoms with Crippen molar-refractivity contribution in [2.75, 3.05) is 33.2 Å². The minimum atomic E-state index is -2.29. The van der Waals surface area contributed by atoms with Crippen LogP contribution < -0.4 is 0 Å². The second kappa shape index (κ2) is 6.21. The lowest BCUT2D eigenvalue weighted by atomic mass is 9.96. The minimum absolute atomic E-state index is 0.240. The summed E-state index contributed by atoms with van der Waals surface area (Å²) in [4.78, 5) is 3.50. The molecule has 3 rings (SSSR count). The Balaban J connectivity index is 2.46. The van der Waals surface area contributed by atoms with Crippen LogP contribution in [-0.4, -0.2) is 43.0 Å². The molecule has 0 bridgehead atoms. The molecule has 2 aromatic carbocycles. The Hall–Kier alpha value is -1.64. The molecule has 20 heavy (non-hydrogen) atoms. The van der Waals surface area contributed by atoms with E-state index >= 15 is 0 Å². The van der Waals surface area contributed by atoms with Crippen LogP contribution in [0.2, 0.25) is 0 Å². The van der Waals surface area contributed by atoms with Gasteiger partial charge in [-0.2, -0.15) is 0 Å². The molecule has 1 aliphatic rings. The van der Waals surface area contributed by atoms with Crippen LogP contribution in [0.1, 0.15) is 32.2 Å². The smallest absolute Gasteiger partial charge is 0.0626 e. The van der Waals surface area contributed by atoms with E-state index in [0.717, 1.165) is 0 Å². The van der Waals surface area contributed by atoms with E-state index in [1.165, 1.54) is 4.90 Å². The molecule has 104 valence electrons. The van der Waals surface area contributed by atoms with Gasteiger partial charge in [0.1, 0.15) is 0 Å². The van der Waals surface area contributed by atoms with Crippen molar-refractivity contribution in [2.24, 2.45) is 0 Å². The van der Waals surface area contributed by atoms with E-state index in [1.807, 2.05) is 11.9 Å². The van der Waals surface area contributed by atoms with Gasteiger partial charge in [-0.3, -0.25) is 4.90 Å². The van der Waals surface area contributed by atoms with Crippen molar-refractivity contribution >= 4 is 0 Å². The highest BCUT2D eigenvalue weighted by atomic mass is 15.3. The molecule has 0 N–H and O–H groups in total. The lowest BCUT2D eigenvalue weighted by Gasteiger charge is -2.38. The molecule has 1 aliphatic heterocycles. The molecule has 2 nitrogen and oxygen atoms in total. The normalized spacial score (nSPS) is 25.8. The molecule has 1 saturated heterocycles. The van der Waals surface area contributed by atoms with Gasteiger partial charge in [0, 0.05) is 26.2 Å². The summed E-state index contributed by atoms with van der Waals surface area (Å²) in [6.45, 7) is 1.48. The maximum absolute atomic E-state index is 9.43. The second-order valence-corrected chi connectivity index (χ2v) is 4.64. The zero-order valence-corrected chi connectivity index (χ0v) is 11.2.